The summed E-state index contributed by atoms with van der Waals surface area (Å²) in [5.41, 5.74) is 1.10. The van der Waals surface area contributed by atoms with Crippen molar-refractivity contribution in [2.45, 2.75) is 26.0 Å². The molecule has 0 radical (unpaired) electrons. The molecule has 0 aliphatic carbocycles. The Labute approximate surface area is 118 Å². The molecule has 0 fully saturated rings. The quantitative estimate of drug-likeness (QED) is 0.880. The van der Waals surface area contributed by atoms with E-state index >= 15 is 0 Å². The van der Waals surface area contributed by atoms with Gasteiger partial charge in [-0.25, -0.2) is 4.39 Å². The van der Waals surface area contributed by atoms with Crippen molar-refractivity contribution < 1.29 is 9.50 Å². The van der Waals surface area contributed by atoms with Crippen molar-refractivity contribution >= 4 is 0 Å². The molecule has 1 unspecified atom stereocenters. The Morgan fingerprint density at radius 1 is 1.30 bits per heavy atom. The van der Waals surface area contributed by atoms with E-state index in [2.05, 4.69) is 10.3 Å². The van der Waals surface area contributed by atoms with Gasteiger partial charge in [-0.2, -0.15) is 0 Å². The Balaban J connectivity index is 1.98. The van der Waals surface area contributed by atoms with E-state index < -0.39 is 5.60 Å². The van der Waals surface area contributed by atoms with Crippen LogP contribution >= 0.6 is 0 Å². The highest BCUT2D eigenvalue weighted by Crippen LogP contribution is 2.22. The molecule has 2 N–H and O–H groups in total. The Morgan fingerprint density at radius 3 is 2.75 bits per heavy atom. The zero-order chi connectivity index (χ0) is 14.6. The molecule has 106 valence electrons. The third-order valence-corrected chi connectivity index (χ3v) is 3.28. The molecule has 0 saturated carbocycles. The van der Waals surface area contributed by atoms with Crippen molar-refractivity contribution in [2.24, 2.45) is 0 Å². The molecule has 1 aromatic carbocycles. The number of halogens is 1. The molecule has 2 rings (SSSR count). The molecule has 0 spiro atoms. The van der Waals surface area contributed by atoms with Gasteiger partial charge in [-0.05, 0) is 43.2 Å². The van der Waals surface area contributed by atoms with Crippen LogP contribution in [-0.4, -0.2) is 16.6 Å². The Morgan fingerprint density at radius 2 is 2.10 bits per heavy atom. The van der Waals surface area contributed by atoms with E-state index in [9.17, 15) is 9.50 Å². The van der Waals surface area contributed by atoms with Gasteiger partial charge in [-0.3, -0.25) is 4.98 Å². The third-order valence-electron chi connectivity index (χ3n) is 3.28. The van der Waals surface area contributed by atoms with Crippen LogP contribution in [0.25, 0.3) is 0 Å². The van der Waals surface area contributed by atoms with Gasteiger partial charge in [0, 0.05) is 19.3 Å². The molecule has 0 bridgehead atoms. The summed E-state index contributed by atoms with van der Waals surface area (Å²) >= 11 is 0. The van der Waals surface area contributed by atoms with Crippen molar-refractivity contribution in [3.05, 3.63) is 65.2 Å². The van der Waals surface area contributed by atoms with Crippen LogP contribution in [0.4, 0.5) is 4.39 Å². The maximum atomic E-state index is 13.3. The lowest BCUT2D eigenvalue weighted by molar-refractivity contribution is 0.0564. The highest BCUT2D eigenvalue weighted by atomic mass is 19.1. The second-order valence-electron chi connectivity index (χ2n) is 5.16. The number of aliphatic hydroxyl groups is 1. The molecule has 1 atom stereocenters. The van der Waals surface area contributed by atoms with Crippen LogP contribution in [0.5, 0.6) is 0 Å². The highest BCUT2D eigenvalue weighted by molar-refractivity contribution is 5.28. The molecule has 0 aliphatic heterocycles. The SMILES string of the molecule is Cc1cc(C(C)(O)CNCc2ccccn2)ccc1F. The number of aromatic nitrogens is 1. The molecule has 0 amide bonds. The average Bonchev–Trinajstić information content (AvgIpc) is 2.43. The molecule has 0 aliphatic rings. The van der Waals surface area contributed by atoms with E-state index in [1.165, 1.54) is 6.07 Å². The fraction of sp³-hybridized carbons (Fsp3) is 0.312. The van der Waals surface area contributed by atoms with Gasteiger partial charge in [0.05, 0.1) is 11.3 Å². The van der Waals surface area contributed by atoms with E-state index in [1.807, 2.05) is 18.2 Å². The first-order valence-corrected chi connectivity index (χ1v) is 6.59. The molecular weight excluding hydrogens is 255 g/mol. The minimum Gasteiger partial charge on any atom is -0.384 e. The highest BCUT2D eigenvalue weighted by Gasteiger charge is 2.23. The molecule has 4 heteroatoms. The van der Waals surface area contributed by atoms with Gasteiger partial charge in [-0.1, -0.05) is 18.2 Å². The summed E-state index contributed by atoms with van der Waals surface area (Å²) in [5.74, 6) is -0.258. The number of hydrogen-bond donors (Lipinski definition) is 2. The first-order chi connectivity index (χ1) is 9.49. The number of pyridine rings is 1. The topological polar surface area (TPSA) is 45.1 Å². The van der Waals surface area contributed by atoms with E-state index in [0.29, 0.717) is 24.2 Å². The maximum Gasteiger partial charge on any atom is 0.126 e. The second-order valence-corrected chi connectivity index (χ2v) is 5.16. The van der Waals surface area contributed by atoms with E-state index in [0.717, 1.165) is 5.69 Å². The summed E-state index contributed by atoms with van der Waals surface area (Å²) in [4.78, 5) is 4.20. The summed E-state index contributed by atoms with van der Waals surface area (Å²) < 4.78 is 13.3. The van der Waals surface area contributed by atoms with Crippen LogP contribution in [0.15, 0.2) is 42.6 Å². The summed E-state index contributed by atoms with van der Waals surface area (Å²) in [6.45, 7) is 4.35. The molecule has 1 aromatic heterocycles. The predicted octanol–water partition coefficient (Wildman–Crippen LogP) is 2.53. The molecule has 20 heavy (non-hydrogen) atoms. The van der Waals surface area contributed by atoms with Gasteiger partial charge >= 0.3 is 0 Å². The van der Waals surface area contributed by atoms with Gasteiger partial charge in [0.1, 0.15) is 5.82 Å². The van der Waals surface area contributed by atoms with Crippen LogP contribution in [0.2, 0.25) is 0 Å². The van der Waals surface area contributed by atoms with E-state index in [-0.39, 0.29) is 5.82 Å². The smallest absolute Gasteiger partial charge is 0.126 e. The lowest BCUT2D eigenvalue weighted by atomic mass is 9.94. The van der Waals surface area contributed by atoms with E-state index in [4.69, 9.17) is 0 Å². The maximum absolute atomic E-state index is 13.3. The molecule has 0 saturated heterocycles. The number of hydrogen-bond acceptors (Lipinski definition) is 3. The number of benzene rings is 1. The fourth-order valence-electron chi connectivity index (χ4n) is 2.02. The van der Waals surface area contributed by atoms with Crippen molar-refractivity contribution in [1.82, 2.24) is 10.3 Å². The molecular formula is C16H19FN2O. The fourth-order valence-corrected chi connectivity index (χ4v) is 2.02. The van der Waals surface area contributed by atoms with Crippen molar-refractivity contribution in [3.63, 3.8) is 0 Å². The zero-order valence-electron chi connectivity index (χ0n) is 11.7. The Hall–Kier alpha value is -1.78. The number of nitrogens with one attached hydrogen (secondary N) is 1. The van der Waals surface area contributed by atoms with Gasteiger partial charge in [0.25, 0.3) is 0 Å². The monoisotopic (exact) mass is 274 g/mol. The third kappa shape index (κ3) is 3.62. The summed E-state index contributed by atoms with van der Waals surface area (Å²) in [7, 11) is 0. The summed E-state index contributed by atoms with van der Waals surface area (Å²) in [6.07, 6.45) is 1.73. The lowest BCUT2D eigenvalue weighted by Crippen LogP contribution is -2.35. The average molecular weight is 274 g/mol. The lowest BCUT2D eigenvalue weighted by Gasteiger charge is -2.24. The van der Waals surface area contributed by atoms with Gasteiger partial charge in [0.2, 0.25) is 0 Å². The van der Waals surface area contributed by atoms with Crippen LogP contribution < -0.4 is 5.32 Å². The Kier molecular flexibility index (Phi) is 4.47. The summed E-state index contributed by atoms with van der Waals surface area (Å²) in [5, 5.41) is 13.6. The van der Waals surface area contributed by atoms with Crippen LogP contribution in [0.3, 0.4) is 0 Å². The van der Waals surface area contributed by atoms with Crippen LogP contribution in [-0.2, 0) is 12.1 Å². The van der Waals surface area contributed by atoms with Gasteiger partial charge in [-0.15, -0.1) is 0 Å². The standard InChI is InChI=1S/C16H19FN2O/c1-12-9-13(6-7-15(12)17)16(2,20)11-18-10-14-5-3-4-8-19-14/h3-9,18,20H,10-11H2,1-2H3. The Bertz CT molecular complexity index is 570. The number of nitrogens with zero attached hydrogens (tertiary/aromatic N) is 1. The molecule has 2 aromatic rings. The van der Waals surface area contributed by atoms with Crippen molar-refractivity contribution in [3.8, 4) is 0 Å². The molecule has 3 nitrogen and oxygen atoms in total. The van der Waals surface area contributed by atoms with Crippen molar-refractivity contribution in [2.75, 3.05) is 6.54 Å². The zero-order valence-corrected chi connectivity index (χ0v) is 11.7. The summed E-state index contributed by atoms with van der Waals surface area (Å²) in [6, 6.07) is 10.4. The first-order valence-electron chi connectivity index (χ1n) is 6.59. The normalized spacial score (nSPS) is 14.0. The second kappa shape index (κ2) is 6.11. The van der Waals surface area contributed by atoms with E-state index in [1.54, 1.807) is 32.2 Å². The predicted molar refractivity (Wildman–Crippen MR) is 76.7 cm³/mol. The van der Waals surface area contributed by atoms with Gasteiger partial charge in [0.15, 0.2) is 0 Å². The minimum atomic E-state index is -1.05. The number of aryl methyl sites for hydroxylation is 1. The number of rotatable bonds is 5. The minimum absolute atomic E-state index is 0.258. The van der Waals surface area contributed by atoms with Gasteiger partial charge < -0.3 is 10.4 Å². The van der Waals surface area contributed by atoms with Crippen LogP contribution in [0.1, 0.15) is 23.7 Å². The molecule has 1 heterocycles. The largest absolute Gasteiger partial charge is 0.384 e. The van der Waals surface area contributed by atoms with Crippen molar-refractivity contribution in [1.29, 1.82) is 0 Å². The van der Waals surface area contributed by atoms with Crippen LogP contribution in [0, 0.1) is 12.7 Å². The first kappa shape index (κ1) is 14.6.